The lowest BCUT2D eigenvalue weighted by Crippen LogP contribution is -2.44. The first-order valence-electron chi connectivity index (χ1n) is 9.66. The molecule has 30 heavy (non-hydrogen) atoms. The zero-order valence-corrected chi connectivity index (χ0v) is 21.3. The molecule has 166 valence electrons. The highest BCUT2D eigenvalue weighted by atomic mass is 35.5. The maximum Gasteiger partial charge on any atom is 0.0976 e. The molecule has 0 radical (unpaired) electrons. The van der Waals surface area contributed by atoms with E-state index in [0.717, 1.165) is 11.1 Å². The summed E-state index contributed by atoms with van der Waals surface area (Å²) in [4.78, 5) is 0. The molecule has 0 saturated carbocycles. The molecule has 0 spiro atoms. The van der Waals surface area contributed by atoms with E-state index in [-0.39, 0.29) is 0 Å². The monoisotopic (exact) mass is 488 g/mol. The smallest absolute Gasteiger partial charge is 0.0976 e. The third-order valence-electron chi connectivity index (χ3n) is 4.37. The van der Waals surface area contributed by atoms with Crippen LogP contribution in [0, 0.1) is 0 Å². The van der Waals surface area contributed by atoms with Crippen LogP contribution in [0.15, 0.2) is 48.5 Å². The lowest BCUT2D eigenvalue weighted by Gasteiger charge is -2.33. The molecule has 0 aromatic heterocycles. The maximum atomic E-state index is 13.0. The molecule has 4 nitrogen and oxygen atoms in total. The Morgan fingerprint density at radius 3 is 1.13 bits per heavy atom. The molecule has 0 aliphatic rings. The Balaban J connectivity index is 2.57. The van der Waals surface area contributed by atoms with Crippen LogP contribution in [0.3, 0.4) is 0 Å². The quantitative estimate of drug-likeness (QED) is 0.510. The van der Waals surface area contributed by atoms with E-state index in [9.17, 15) is 8.42 Å². The Kier molecular flexibility index (Phi) is 8.70. The van der Waals surface area contributed by atoms with Crippen molar-refractivity contribution >= 4 is 45.2 Å². The van der Waals surface area contributed by atoms with Crippen molar-refractivity contribution in [2.75, 3.05) is 0 Å². The predicted molar refractivity (Wildman–Crippen MR) is 130 cm³/mol. The summed E-state index contributed by atoms with van der Waals surface area (Å²) in [6.07, 6.45) is 0. The molecule has 2 aromatic carbocycles. The van der Waals surface area contributed by atoms with E-state index in [1.54, 1.807) is 24.3 Å². The predicted octanol–water partition coefficient (Wildman–Crippen LogP) is 5.88. The van der Waals surface area contributed by atoms with Crippen LogP contribution in [-0.4, -0.2) is 17.9 Å². The van der Waals surface area contributed by atoms with Gasteiger partial charge in [0, 0.05) is 10.0 Å². The van der Waals surface area contributed by atoms with Crippen LogP contribution in [-0.2, 0) is 22.0 Å². The van der Waals surface area contributed by atoms with Crippen molar-refractivity contribution in [1.82, 2.24) is 9.44 Å². The van der Waals surface area contributed by atoms with Crippen molar-refractivity contribution < 1.29 is 8.42 Å². The fourth-order valence-corrected chi connectivity index (χ4v) is 4.55. The van der Waals surface area contributed by atoms with Gasteiger partial charge in [-0.05, 0) is 76.9 Å². The van der Waals surface area contributed by atoms with Gasteiger partial charge in [-0.2, -0.15) is 0 Å². The highest BCUT2D eigenvalue weighted by molar-refractivity contribution is 7.84. The first kappa shape index (κ1) is 25.5. The van der Waals surface area contributed by atoms with E-state index in [2.05, 4.69) is 9.44 Å². The normalized spacial score (nSPS) is 16.7. The molecule has 0 amide bonds. The zero-order chi connectivity index (χ0) is 22.7. The van der Waals surface area contributed by atoms with Crippen molar-refractivity contribution in [3.63, 3.8) is 0 Å². The SMILES string of the molecule is CC(C)(C)[S@@](=O)N[C@@H](c1ccc(Cl)cc1)[C@@H](N[S@](=O)C(C)(C)C)c1ccc(Cl)cc1. The lowest BCUT2D eigenvalue weighted by atomic mass is 9.95. The topological polar surface area (TPSA) is 58.2 Å². The Morgan fingerprint density at radius 1 is 0.633 bits per heavy atom. The molecule has 0 fully saturated rings. The number of nitrogens with one attached hydrogen (secondary N) is 2. The molecular formula is C22H30Cl2N2O2S2. The van der Waals surface area contributed by atoms with E-state index in [1.807, 2.05) is 65.8 Å². The standard InChI is InChI=1S/C22H30Cl2N2O2S2/c1-21(2,3)29(27)25-19(15-7-11-17(23)12-8-15)20(26-30(28)22(4,5)6)16-9-13-18(24)14-10-16/h7-14,19-20,25-26H,1-6H3/t19-,20-,29+,30+/m0/s1. The summed E-state index contributed by atoms with van der Waals surface area (Å²) in [5.41, 5.74) is 1.77. The van der Waals surface area contributed by atoms with Gasteiger partial charge in [0.25, 0.3) is 0 Å². The van der Waals surface area contributed by atoms with Crippen LogP contribution in [0.2, 0.25) is 10.0 Å². The molecule has 2 N–H and O–H groups in total. The molecule has 8 heteroatoms. The minimum Gasteiger partial charge on any atom is -0.242 e. The molecule has 0 heterocycles. The summed E-state index contributed by atoms with van der Waals surface area (Å²) in [5.74, 6) is 0. The van der Waals surface area contributed by atoms with E-state index in [0.29, 0.717) is 10.0 Å². The van der Waals surface area contributed by atoms with Crippen molar-refractivity contribution in [1.29, 1.82) is 0 Å². The molecule has 0 unspecified atom stereocenters. The highest BCUT2D eigenvalue weighted by Gasteiger charge is 2.33. The minimum absolute atomic E-state index is 0.421. The third-order valence-corrected chi connectivity index (χ3v) is 8.04. The number of hydrogen-bond donors (Lipinski definition) is 2. The largest absolute Gasteiger partial charge is 0.242 e. The summed E-state index contributed by atoms with van der Waals surface area (Å²) in [5, 5.41) is 1.23. The third kappa shape index (κ3) is 7.14. The van der Waals surface area contributed by atoms with Crippen LogP contribution in [0.4, 0.5) is 0 Å². The van der Waals surface area contributed by atoms with Gasteiger partial charge in [0.2, 0.25) is 0 Å². The second kappa shape index (κ2) is 10.2. The number of hydrogen-bond acceptors (Lipinski definition) is 2. The highest BCUT2D eigenvalue weighted by Crippen LogP contribution is 2.33. The first-order chi connectivity index (χ1) is 13.8. The molecule has 2 rings (SSSR count). The van der Waals surface area contributed by atoms with Gasteiger partial charge < -0.3 is 0 Å². The molecule has 0 aliphatic carbocycles. The van der Waals surface area contributed by atoms with Gasteiger partial charge in [0.15, 0.2) is 0 Å². The zero-order valence-electron chi connectivity index (χ0n) is 18.2. The van der Waals surface area contributed by atoms with Crippen molar-refractivity contribution in [3.8, 4) is 0 Å². The van der Waals surface area contributed by atoms with Crippen LogP contribution < -0.4 is 9.44 Å². The summed E-state index contributed by atoms with van der Waals surface area (Å²) in [6.45, 7) is 11.5. The fourth-order valence-electron chi connectivity index (χ4n) is 2.58. The van der Waals surface area contributed by atoms with Gasteiger partial charge in [0.05, 0.1) is 43.5 Å². The van der Waals surface area contributed by atoms with E-state index < -0.39 is 43.5 Å². The van der Waals surface area contributed by atoms with Gasteiger partial charge in [-0.25, -0.2) is 17.9 Å². The average molecular weight is 490 g/mol. The summed E-state index contributed by atoms with van der Waals surface area (Å²) in [6, 6.07) is 13.9. The summed E-state index contributed by atoms with van der Waals surface area (Å²) >= 11 is 12.2. The van der Waals surface area contributed by atoms with Crippen LogP contribution >= 0.6 is 23.2 Å². The molecular weight excluding hydrogens is 459 g/mol. The van der Waals surface area contributed by atoms with Gasteiger partial charge in [0.1, 0.15) is 0 Å². The van der Waals surface area contributed by atoms with Gasteiger partial charge in [-0.3, -0.25) is 0 Å². The Hall–Kier alpha value is -0.760. The van der Waals surface area contributed by atoms with E-state index >= 15 is 0 Å². The van der Waals surface area contributed by atoms with E-state index in [1.165, 1.54) is 0 Å². The number of rotatable bonds is 7. The second-order valence-corrected chi connectivity index (χ2v) is 13.9. The fraction of sp³-hybridized carbons (Fsp3) is 0.455. The first-order valence-corrected chi connectivity index (χ1v) is 12.7. The Bertz CT molecular complexity index is 814. The van der Waals surface area contributed by atoms with Gasteiger partial charge >= 0.3 is 0 Å². The Labute approximate surface area is 195 Å². The van der Waals surface area contributed by atoms with Gasteiger partial charge in [-0.15, -0.1) is 0 Å². The molecule has 0 saturated heterocycles. The second-order valence-electron chi connectivity index (χ2n) is 9.06. The molecule has 0 bridgehead atoms. The minimum atomic E-state index is -1.36. The van der Waals surface area contributed by atoms with Crippen LogP contribution in [0.1, 0.15) is 64.8 Å². The van der Waals surface area contributed by atoms with Gasteiger partial charge in [-0.1, -0.05) is 47.5 Å². The summed E-state index contributed by atoms with van der Waals surface area (Å²) in [7, 11) is -2.71. The van der Waals surface area contributed by atoms with Crippen LogP contribution in [0.25, 0.3) is 0 Å². The van der Waals surface area contributed by atoms with Crippen LogP contribution in [0.5, 0.6) is 0 Å². The average Bonchev–Trinajstić information content (AvgIpc) is 2.64. The molecule has 0 aliphatic heterocycles. The number of halogens is 2. The maximum absolute atomic E-state index is 13.0. The van der Waals surface area contributed by atoms with Crippen molar-refractivity contribution in [3.05, 3.63) is 69.7 Å². The van der Waals surface area contributed by atoms with Crippen molar-refractivity contribution in [2.45, 2.75) is 63.1 Å². The number of benzene rings is 2. The van der Waals surface area contributed by atoms with Crippen molar-refractivity contribution in [2.24, 2.45) is 0 Å². The molecule has 2 aromatic rings. The summed E-state index contributed by atoms with van der Waals surface area (Å²) < 4.78 is 31.7. The lowest BCUT2D eigenvalue weighted by molar-refractivity contribution is 0.485. The molecule has 4 atom stereocenters. The van der Waals surface area contributed by atoms with E-state index in [4.69, 9.17) is 23.2 Å². The Morgan fingerprint density at radius 2 is 0.900 bits per heavy atom.